The predicted molar refractivity (Wildman–Crippen MR) is 115 cm³/mol. The maximum absolute atomic E-state index is 12.2. The van der Waals surface area contributed by atoms with Crippen molar-refractivity contribution in [2.24, 2.45) is 5.92 Å². The molecule has 4 rings (SSSR count). The summed E-state index contributed by atoms with van der Waals surface area (Å²) < 4.78 is 0. The molecular weight excluding hydrogens is 364 g/mol. The Hall–Kier alpha value is -3.02. The summed E-state index contributed by atoms with van der Waals surface area (Å²) >= 11 is 0. The van der Waals surface area contributed by atoms with Crippen molar-refractivity contribution in [1.82, 2.24) is 10.2 Å². The molecule has 2 saturated heterocycles. The maximum Gasteiger partial charge on any atom is 0.319 e. The lowest BCUT2D eigenvalue weighted by Gasteiger charge is -2.18. The van der Waals surface area contributed by atoms with Crippen LogP contribution in [0.15, 0.2) is 54.6 Å². The second-order valence-corrected chi connectivity index (χ2v) is 7.89. The van der Waals surface area contributed by atoms with E-state index in [1.54, 1.807) is 0 Å². The van der Waals surface area contributed by atoms with Crippen molar-refractivity contribution in [1.29, 1.82) is 0 Å². The second-order valence-electron chi connectivity index (χ2n) is 7.89. The highest BCUT2D eigenvalue weighted by molar-refractivity contribution is 5.89. The number of benzene rings is 2. The highest BCUT2D eigenvalue weighted by Gasteiger charge is 2.23. The fourth-order valence-corrected chi connectivity index (χ4v) is 4.07. The summed E-state index contributed by atoms with van der Waals surface area (Å²) in [6.45, 7) is 4.15. The number of likely N-dealkylation sites (tertiary alicyclic amines) is 1. The monoisotopic (exact) mass is 392 g/mol. The molecule has 2 aromatic rings. The summed E-state index contributed by atoms with van der Waals surface area (Å²) in [6, 6.07) is 18.0. The number of carbonyl (C=O) groups is 2. The van der Waals surface area contributed by atoms with Gasteiger partial charge in [0.15, 0.2) is 0 Å². The van der Waals surface area contributed by atoms with Gasteiger partial charge in [-0.15, -0.1) is 0 Å². The van der Waals surface area contributed by atoms with Crippen LogP contribution in [0.5, 0.6) is 0 Å². The van der Waals surface area contributed by atoms with Gasteiger partial charge in [0, 0.05) is 50.5 Å². The Morgan fingerprint density at radius 1 is 1.03 bits per heavy atom. The van der Waals surface area contributed by atoms with Gasteiger partial charge in [0.25, 0.3) is 0 Å². The zero-order chi connectivity index (χ0) is 20.1. The van der Waals surface area contributed by atoms with Gasteiger partial charge >= 0.3 is 6.03 Å². The van der Waals surface area contributed by atoms with Crippen molar-refractivity contribution in [3.8, 4) is 0 Å². The van der Waals surface area contributed by atoms with Crippen LogP contribution in [0.2, 0.25) is 0 Å². The molecule has 6 nitrogen and oxygen atoms in total. The van der Waals surface area contributed by atoms with Crippen LogP contribution in [-0.4, -0.2) is 43.0 Å². The topological polar surface area (TPSA) is 64.7 Å². The Morgan fingerprint density at radius 3 is 2.55 bits per heavy atom. The van der Waals surface area contributed by atoms with E-state index < -0.39 is 0 Å². The van der Waals surface area contributed by atoms with Crippen molar-refractivity contribution in [3.63, 3.8) is 0 Å². The molecule has 1 atom stereocenters. The van der Waals surface area contributed by atoms with Gasteiger partial charge in [-0.2, -0.15) is 0 Å². The van der Waals surface area contributed by atoms with Crippen LogP contribution in [0.1, 0.15) is 24.8 Å². The zero-order valence-electron chi connectivity index (χ0n) is 16.6. The molecule has 2 heterocycles. The van der Waals surface area contributed by atoms with Gasteiger partial charge in [0.2, 0.25) is 5.91 Å². The summed E-state index contributed by atoms with van der Waals surface area (Å²) in [4.78, 5) is 28.2. The molecule has 0 aliphatic carbocycles. The Balaban J connectivity index is 1.20. The molecule has 6 heteroatoms. The molecule has 2 aromatic carbocycles. The SMILES string of the molecule is O=C(NCC1CCN(c2ccccc2)C1)Nc1ccc(CN2CCCC2=O)cc1. The molecule has 1 unspecified atom stereocenters. The lowest BCUT2D eigenvalue weighted by molar-refractivity contribution is -0.128. The first-order valence-electron chi connectivity index (χ1n) is 10.4. The van der Waals surface area contributed by atoms with Gasteiger partial charge in [0.1, 0.15) is 0 Å². The second kappa shape index (κ2) is 8.99. The van der Waals surface area contributed by atoms with E-state index in [2.05, 4.69) is 39.8 Å². The normalized spacial score (nSPS) is 18.9. The number of nitrogens with one attached hydrogen (secondary N) is 2. The van der Waals surface area contributed by atoms with Crippen LogP contribution in [0.4, 0.5) is 16.2 Å². The molecule has 0 saturated carbocycles. The average molecular weight is 393 g/mol. The molecule has 2 N–H and O–H groups in total. The van der Waals surface area contributed by atoms with Crippen LogP contribution in [0.3, 0.4) is 0 Å². The van der Waals surface area contributed by atoms with E-state index in [1.807, 2.05) is 35.2 Å². The molecular formula is C23H28N4O2. The van der Waals surface area contributed by atoms with Gasteiger partial charge in [-0.25, -0.2) is 4.79 Å². The molecule has 2 aliphatic heterocycles. The number of hydrogen-bond acceptors (Lipinski definition) is 3. The van der Waals surface area contributed by atoms with Crippen molar-refractivity contribution in [2.45, 2.75) is 25.8 Å². The van der Waals surface area contributed by atoms with Crippen LogP contribution >= 0.6 is 0 Å². The number of urea groups is 1. The van der Waals surface area contributed by atoms with E-state index in [9.17, 15) is 9.59 Å². The van der Waals surface area contributed by atoms with E-state index in [-0.39, 0.29) is 11.9 Å². The van der Waals surface area contributed by atoms with Gasteiger partial charge in [0.05, 0.1) is 0 Å². The molecule has 2 aliphatic rings. The standard InChI is InChI=1S/C23H28N4O2/c28-22-7-4-13-27(22)16-18-8-10-20(11-9-18)25-23(29)24-15-19-12-14-26(17-19)21-5-2-1-3-6-21/h1-3,5-6,8-11,19H,4,7,12-17H2,(H2,24,25,29). The Kier molecular flexibility index (Phi) is 5.98. The highest BCUT2D eigenvalue weighted by Crippen LogP contribution is 2.23. The van der Waals surface area contributed by atoms with E-state index >= 15 is 0 Å². The molecule has 152 valence electrons. The molecule has 0 bridgehead atoms. The first kappa shape index (κ1) is 19.3. The highest BCUT2D eigenvalue weighted by atomic mass is 16.2. The summed E-state index contributed by atoms with van der Waals surface area (Å²) in [5.41, 5.74) is 3.09. The van der Waals surface area contributed by atoms with E-state index in [0.29, 0.717) is 25.4 Å². The fourth-order valence-electron chi connectivity index (χ4n) is 4.07. The summed E-state index contributed by atoms with van der Waals surface area (Å²) in [7, 11) is 0. The van der Waals surface area contributed by atoms with Crippen LogP contribution in [0, 0.1) is 5.92 Å². The lowest BCUT2D eigenvalue weighted by Crippen LogP contribution is -2.34. The quantitative estimate of drug-likeness (QED) is 0.791. The van der Waals surface area contributed by atoms with Crippen molar-refractivity contribution < 1.29 is 9.59 Å². The fraction of sp³-hybridized carbons (Fsp3) is 0.391. The number of para-hydroxylation sites is 1. The first-order valence-corrected chi connectivity index (χ1v) is 10.4. The minimum atomic E-state index is -0.175. The third-order valence-electron chi connectivity index (χ3n) is 5.72. The van der Waals surface area contributed by atoms with Crippen LogP contribution in [-0.2, 0) is 11.3 Å². The molecule has 0 radical (unpaired) electrons. The third-order valence-corrected chi connectivity index (χ3v) is 5.72. The van der Waals surface area contributed by atoms with Crippen molar-refractivity contribution >= 4 is 23.3 Å². The average Bonchev–Trinajstić information content (AvgIpc) is 3.38. The Labute approximate surface area is 171 Å². The summed E-state index contributed by atoms with van der Waals surface area (Å²) in [6.07, 6.45) is 2.69. The van der Waals surface area contributed by atoms with E-state index in [1.165, 1.54) is 5.69 Å². The Morgan fingerprint density at radius 2 is 1.83 bits per heavy atom. The van der Waals surface area contributed by atoms with Crippen LogP contribution < -0.4 is 15.5 Å². The Bertz CT molecular complexity index is 838. The number of hydrogen-bond donors (Lipinski definition) is 2. The third kappa shape index (κ3) is 5.08. The number of amides is 3. The van der Waals surface area contributed by atoms with E-state index in [4.69, 9.17) is 0 Å². The maximum atomic E-state index is 12.2. The molecule has 3 amide bonds. The lowest BCUT2D eigenvalue weighted by atomic mass is 10.1. The summed E-state index contributed by atoms with van der Waals surface area (Å²) in [5, 5.41) is 5.89. The minimum Gasteiger partial charge on any atom is -0.371 e. The number of anilines is 2. The number of rotatable bonds is 6. The van der Waals surface area contributed by atoms with Crippen molar-refractivity contribution in [2.75, 3.05) is 36.4 Å². The minimum absolute atomic E-state index is 0.175. The van der Waals surface area contributed by atoms with Crippen molar-refractivity contribution in [3.05, 3.63) is 60.2 Å². The predicted octanol–water partition coefficient (Wildman–Crippen LogP) is 3.46. The molecule has 0 aromatic heterocycles. The van der Waals surface area contributed by atoms with Crippen LogP contribution in [0.25, 0.3) is 0 Å². The van der Waals surface area contributed by atoms with Gasteiger partial charge < -0.3 is 20.4 Å². The summed E-state index contributed by atoms with van der Waals surface area (Å²) in [5.74, 6) is 0.686. The molecule has 29 heavy (non-hydrogen) atoms. The van der Waals surface area contributed by atoms with Gasteiger partial charge in [-0.05, 0) is 48.6 Å². The van der Waals surface area contributed by atoms with Gasteiger partial charge in [-0.1, -0.05) is 30.3 Å². The van der Waals surface area contributed by atoms with E-state index in [0.717, 1.165) is 43.7 Å². The number of carbonyl (C=O) groups excluding carboxylic acids is 2. The molecule has 2 fully saturated rings. The number of nitrogens with zero attached hydrogens (tertiary/aromatic N) is 2. The van der Waals surface area contributed by atoms with Gasteiger partial charge in [-0.3, -0.25) is 4.79 Å². The first-order chi connectivity index (χ1) is 14.2. The molecule has 0 spiro atoms. The largest absolute Gasteiger partial charge is 0.371 e. The smallest absolute Gasteiger partial charge is 0.319 e. The zero-order valence-corrected chi connectivity index (χ0v) is 16.6.